The Labute approximate surface area is 182 Å². The van der Waals surface area contributed by atoms with Gasteiger partial charge in [-0.1, -0.05) is 24.3 Å². The van der Waals surface area contributed by atoms with Crippen molar-refractivity contribution in [3.8, 4) is 0 Å². The zero-order valence-corrected chi connectivity index (χ0v) is 17.0. The fourth-order valence-electron chi connectivity index (χ4n) is 3.89. The average molecular weight is 424 g/mol. The van der Waals surface area contributed by atoms with Crippen LogP contribution < -0.4 is 5.73 Å². The second-order valence-corrected chi connectivity index (χ2v) is 7.67. The number of carboxylic acid groups (broad SMARTS) is 1. The number of nitrogens with one attached hydrogen (secondary N) is 3. The van der Waals surface area contributed by atoms with Crippen LogP contribution in [0.4, 0.5) is 0 Å². The lowest BCUT2D eigenvalue weighted by atomic mass is 9.96. The number of nitrogens with two attached hydrogens (primary N) is 1. The fourth-order valence-corrected chi connectivity index (χ4v) is 3.89. The van der Waals surface area contributed by atoms with Crippen molar-refractivity contribution in [1.82, 2.24) is 19.9 Å². The lowest BCUT2D eigenvalue weighted by molar-refractivity contribution is 0.0696. The van der Waals surface area contributed by atoms with Crippen LogP contribution in [0, 0.1) is 5.41 Å². The molecule has 158 valence electrons. The maximum atomic E-state index is 11.4. The van der Waals surface area contributed by atoms with Gasteiger partial charge in [-0.25, -0.2) is 14.8 Å². The third-order valence-corrected chi connectivity index (χ3v) is 5.49. The number of hydrogen-bond donors (Lipinski definition) is 5. The monoisotopic (exact) mass is 424 g/mol. The molecule has 0 aliphatic carbocycles. The van der Waals surface area contributed by atoms with Gasteiger partial charge >= 0.3 is 5.97 Å². The molecule has 1 atom stereocenters. The minimum Gasteiger partial charge on any atom is -0.478 e. The molecule has 1 unspecified atom stereocenters. The van der Waals surface area contributed by atoms with Crippen LogP contribution in [-0.2, 0) is 6.42 Å². The van der Waals surface area contributed by atoms with E-state index in [9.17, 15) is 9.90 Å². The van der Waals surface area contributed by atoms with E-state index in [1.54, 1.807) is 30.3 Å². The molecule has 5 rings (SSSR count). The SMILES string of the molecule is N=C(N)c1ccc2[nH]c(C(Cc3cccc(C(=O)O)c3)c3nc4ccccc4[nH]3)nc2c1. The van der Waals surface area contributed by atoms with Crippen molar-refractivity contribution < 1.29 is 9.90 Å². The van der Waals surface area contributed by atoms with Crippen molar-refractivity contribution >= 4 is 33.9 Å². The summed E-state index contributed by atoms with van der Waals surface area (Å²) in [4.78, 5) is 27.7. The topological polar surface area (TPSA) is 145 Å². The number of rotatable bonds is 6. The number of aromatic nitrogens is 4. The number of carbonyl (C=O) groups is 1. The van der Waals surface area contributed by atoms with Gasteiger partial charge in [0, 0.05) is 5.56 Å². The number of benzene rings is 3. The number of hydrogen-bond acceptors (Lipinski definition) is 4. The Kier molecular flexibility index (Phi) is 4.67. The summed E-state index contributed by atoms with van der Waals surface area (Å²) in [5.74, 6) is 0.182. The maximum absolute atomic E-state index is 11.4. The summed E-state index contributed by atoms with van der Waals surface area (Å²) in [5, 5.41) is 17.1. The Hall–Kier alpha value is -4.46. The van der Waals surface area contributed by atoms with Crippen molar-refractivity contribution in [1.29, 1.82) is 5.41 Å². The highest BCUT2D eigenvalue weighted by Crippen LogP contribution is 2.29. The summed E-state index contributed by atoms with van der Waals surface area (Å²) in [6, 6.07) is 20.1. The first-order valence-corrected chi connectivity index (χ1v) is 10.1. The molecule has 5 aromatic rings. The Morgan fingerprint density at radius 1 is 0.906 bits per heavy atom. The molecule has 0 amide bonds. The van der Waals surface area contributed by atoms with Gasteiger partial charge in [-0.15, -0.1) is 0 Å². The molecule has 6 N–H and O–H groups in total. The van der Waals surface area contributed by atoms with Gasteiger partial charge in [0.1, 0.15) is 17.5 Å². The van der Waals surface area contributed by atoms with Gasteiger partial charge < -0.3 is 20.8 Å². The van der Waals surface area contributed by atoms with E-state index >= 15 is 0 Å². The fraction of sp³-hybridized carbons (Fsp3) is 0.0833. The van der Waals surface area contributed by atoms with Crippen molar-refractivity contribution in [2.45, 2.75) is 12.3 Å². The molecule has 0 radical (unpaired) electrons. The minimum absolute atomic E-state index is 0.0178. The zero-order valence-electron chi connectivity index (χ0n) is 17.0. The minimum atomic E-state index is -0.965. The van der Waals surface area contributed by atoms with E-state index in [1.165, 1.54) is 0 Å². The number of imidazole rings is 2. The predicted octanol–water partition coefficient (Wildman–Crippen LogP) is 3.80. The first kappa shape index (κ1) is 19.5. The number of nitrogens with zero attached hydrogens (tertiary/aromatic N) is 2. The van der Waals surface area contributed by atoms with Crippen molar-refractivity contribution in [2.75, 3.05) is 0 Å². The molecule has 0 aliphatic rings. The van der Waals surface area contributed by atoms with Gasteiger partial charge in [-0.2, -0.15) is 0 Å². The van der Waals surface area contributed by atoms with Crippen LogP contribution in [0.2, 0.25) is 0 Å². The van der Waals surface area contributed by atoms with E-state index < -0.39 is 5.97 Å². The number of aromatic carboxylic acids is 1. The molecule has 2 heterocycles. The lowest BCUT2D eigenvalue weighted by Gasteiger charge is -2.13. The third kappa shape index (κ3) is 3.58. The summed E-state index contributed by atoms with van der Waals surface area (Å²) in [6.45, 7) is 0. The van der Waals surface area contributed by atoms with Gasteiger partial charge in [0.2, 0.25) is 0 Å². The van der Waals surface area contributed by atoms with E-state index in [0.29, 0.717) is 23.3 Å². The highest BCUT2D eigenvalue weighted by Gasteiger charge is 2.23. The van der Waals surface area contributed by atoms with E-state index in [0.717, 1.165) is 27.9 Å². The van der Waals surface area contributed by atoms with E-state index in [4.69, 9.17) is 21.1 Å². The number of carboxylic acids is 1. The van der Waals surface area contributed by atoms with Crippen molar-refractivity contribution in [3.05, 3.63) is 95.1 Å². The van der Waals surface area contributed by atoms with Gasteiger partial charge in [0.05, 0.1) is 33.5 Å². The van der Waals surface area contributed by atoms with Crippen LogP contribution in [0.3, 0.4) is 0 Å². The van der Waals surface area contributed by atoms with Crippen LogP contribution in [0.5, 0.6) is 0 Å². The van der Waals surface area contributed by atoms with Crippen LogP contribution in [0.25, 0.3) is 22.1 Å². The third-order valence-electron chi connectivity index (χ3n) is 5.49. The highest BCUT2D eigenvalue weighted by molar-refractivity contribution is 5.98. The second-order valence-electron chi connectivity index (χ2n) is 7.67. The van der Waals surface area contributed by atoms with E-state index in [2.05, 4.69) is 9.97 Å². The largest absolute Gasteiger partial charge is 0.478 e. The molecule has 0 spiro atoms. The molecule has 0 saturated heterocycles. The summed E-state index contributed by atoms with van der Waals surface area (Å²) in [7, 11) is 0. The number of para-hydroxylation sites is 2. The Balaban J connectivity index is 1.62. The molecule has 32 heavy (non-hydrogen) atoms. The number of H-pyrrole nitrogens is 2. The number of aromatic amines is 2. The molecular weight excluding hydrogens is 404 g/mol. The molecular formula is C24H20N6O2. The maximum Gasteiger partial charge on any atom is 0.335 e. The van der Waals surface area contributed by atoms with Crippen LogP contribution in [0.1, 0.15) is 39.1 Å². The first-order chi connectivity index (χ1) is 15.5. The van der Waals surface area contributed by atoms with Gasteiger partial charge in [0.15, 0.2) is 0 Å². The number of fused-ring (bicyclic) bond motifs is 2. The van der Waals surface area contributed by atoms with Gasteiger partial charge in [-0.05, 0) is 54.4 Å². The quantitative estimate of drug-likeness (QED) is 0.208. The summed E-state index contributed by atoms with van der Waals surface area (Å²) < 4.78 is 0. The number of nitrogen functional groups attached to an aromatic ring is 1. The molecule has 3 aromatic carbocycles. The second kappa shape index (κ2) is 7.66. The Morgan fingerprint density at radius 2 is 1.62 bits per heavy atom. The Bertz CT molecular complexity index is 1450. The predicted molar refractivity (Wildman–Crippen MR) is 122 cm³/mol. The highest BCUT2D eigenvalue weighted by atomic mass is 16.4. The van der Waals surface area contributed by atoms with Crippen LogP contribution in [0.15, 0.2) is 66.7 Å². The standard InChI is InChI=1S/C24H20N6O2/c25-21(26)14-8-9-19-20(12-14)30-23(29-19)16(11-13-4-3-5-15(10-13)24(31)32)22-27-17-6-1-2-7-18(17)28-22/h1-10,12,16H,11H2,(H3,25,26)(H,27,28)(H,29,30)(H,31,32). The van der Waals surface area contributed by atoms with E-state index in [1.807, 2.05) is 36.4 Å². The molecule has 0 aliphatic heterocycles. The van der Waals surface area contributed by atoms with Crippen molar-refractivity contribution in [2.24, 2.45) is 5.73 Å². The summed E-state index contributed by atoms with van der Waals surface area (Å²) in [6.07, 6.45) is 0.500. The smallest absolute Gasteiger partial charge is 0.335 e. The van der Waals surface area contributed by atoms with Gasteiger partial charge in [-0.3, -0.25) is 5.41 Å². The summed E-state index contributed by atoms with van der Waals surface area (Å²) in [5.41, 5.74) is 10.6. The molecule has 8 heteroatoms. The lowest BCUT2D eigenvalue weighted by Crippen LogP contribution is -2.10. The molecule has 8 nitrogen and oxygen atoms in total. The zero-order chi connectivity index (χ0) is 22.2. The van der Waals surface area contributed by atoms with Crippen LogP contribution in [-0.4, -0.2) is 36.8 Å². The summed E-state index contributed by atoms with van der Waals surface area (Å²) >= 11 is 0. The average Bonchev–Trinajstić information content (AvgIpc) is 3.41. The van der Waals surface area contributed by atoms with Gasteiger partial charge in [0.25, 0.3) is 0 Å². The molecule has 0 saturated carbocycles. The van der Waals surface area contributed by atoms with Crippen LogP contribution >= 0.6 is 0 Å². The molecule has 0 bridgehead atoms. The van der Waals surface area contributed by atoms with Crippen molar-refractivity contribution in [3.63, 3.8) is 0 Å². The number of amidine groups is 1. The van der Waals surface area contributed by atoms with E-state index in [-0.39, 0.29) is 17.3 Å². The first-order valence-electron chi connectivity index (χ1n) is 10.1. The molecule has 0 fully saturated rings. The normalized spacial score (nSPS) is 12.2. The Morgan fingerprint density at radius 3 is 2.34 bits per heavy atom. The molecule has 2 aromatic heterocycles.